The molecule has 140 valence electrons. The zero-order valence-electron chi connectivity index (χ0n) is 16.6. The van der Waals surface area contributed by atoms with E-state index in [-0.39, 0.29) is 16.9 Å². The minimum absolute atomic E-state index is 0.0146. The average molecular weight is 360 g/mol. The first-order valence-electron chi connectivity index (χ1n) is 10.2. The fourth-order valence-corrected chi connectivity index (χ4v) is 6.80. The van der Waals surface area contributed by atoms with Crippen molar-refractivity contribution in [2.45, 2.75) is 51.0 Å². The van der Waals surface area contributed by atoms with E-state index in [1.807, 2.05) is 0 Å². The predicted octanol–water partition coefficient (Wildman–Crippen LogP) is 5.11. The van der Waals surface area contributed by atoms with Gasteiger partial charge in [-0.05, 0) is 72.9 Å². The number of benzene rings is 2. The SMILES string of the molecule is COc1ccc2c(c1)[C@]1(C)CC[C@@H]3C(C)=C(c4ccccc4)[C@@]1(CC2)C3N. The summed E-state index contributed by atoms with van der Waals surface area (Å²) >= 11 is 0. The predicted molar refractivity (Wildman–Crippen MR) is 111 cm³/mol. The van der Waals surface area contributed by atoms with E-state index in [1.54, 1.807) is 7.11 Å². The topological polar surface area (TPSA) is 35.2 Å². The first-order chi connectivity index (χ1) is 13.0. The van der Waals surface area contributed by atoms with E-state index in [4.69, 9.17) is 10.5 Å². The van der Waals surface area contributed by atoms with Crippen LogP contribution >= 0.6 is 0 Å². The van der Waals surface area contributed by atoms with Crippen molar-refractivity contribution in [3.8, 4) is 5.75 Å². The standard InChI is InChI=1S/C25H29NO/c1-16-20-12-13-24(2)21-15-19(27-3)10-9-17(21)11-14-25(24,23(20)26)22(16)18-7-5-4-6-8-18/h4-10,15,20,23H,11-14,26H2,1-3H3/t20-,23?,24+,25+/m1/s1. The van der Waals surface area contributed by atoms with Crippen molar-refractivity contribution >= 4 is 5.57 Å². The lowest BCUT2D eigenvalue weighted by Gasteiger charge is -2.58. The van der Waals surface area contributed by atoms with Crippen LogP contribution in [0.2, 0.25) is 0 Å². The molecule has 2 nitrogen and oxygen atoms in total. The summed E-state index contributed by atoms with van der Waals surface area (Å²) in [6, 6.07) is 17.9. The first kappa shape index (κ1) is 17.1. The van der Waals surface area contributed by atoms with Gasteiger partial charge in [0.1, 0.15) is 5.75 Å². The molecule has 0 saturated heterocycles. The third-order valence-corrected chi connectivity index (χ3v) is 8.10. The van der Waals surface area contributed by atoms with Crippen LogP contribution in [0.15, 0.2) is 54.1 Å². The highest BCUT2D eigenvalue weighted by Crippen LogP contribution is 2.69. The van der Waals surface area contributed by atoms with Crippen molar-refractivity contribution in [2.75, 3.05) is 7.11 Å². The molecule has 2 N–H and O–H groups in total. The molecular weight excluding hydrogens is 330 g/mol. The van der Waals surface area contributed by atoms with Crippen molar-refractivity contribution in [3.05, 3.63) is 70.8 Å². The molecule has 2 bridgehead atoms. The molecule has 3 aliphatic rings. The van der Waals surface area contributed by atoms with E-state index in [0.29, 0.717) is 5.92 Å². The third kappa shape index (κ3) is 2.00. The van der Waals surface area contributed by atoms with Crippen LogP contribution in [-0.4, -0.2) is 13.2 Å². The van der Waals surface area contributed by atoms with Crippen molar-refractivity contribution in [3.63, 3.8) is 0 Å². The molecule has 27 heavy (non-hydrogen) atoms. The zero-order chi connectivity index (χ0) is 18.8. The number of methoxy groups -OCH3 is 1. The molecule has 0 aromatic heterocycles. The molecule has 4 atom stereocenters. The Labute approximate surface area is 162 Å². The number of aryl methyl sites for hydroxylation is 1. The first-order valence-corrected chi connectivity index (χ1v) is 10.2. The van der Waals surface area contributed by atoms with Gasteiger partial charge in [0.25, 0.3) is 0 Å². The van der Waals surface area contributed by atoms with Crippen LogP contribution in [-0.2, 0) is 11.8 Å². The Balaban J connectivity index is 1.78. The number of ether oxygens (including phenoxy) is 1. The maximum atomic E-state index is 7.09. The second-order valence-electron chi connectivity index (χ2n) is 8.92. The lowest BCUT2D eigenvalue weighted by Crippen LogP contribution is -2.60. The van der Waals surface area contributed by atoms with Crippen molar-refractivity contribution in [1.29, 1.82) is 0 Å². The van der Waals surface area contributed by atoms with E-state index < -0.39 is 0 Å². The second kappa shape index (κ2) is 5.72. The highest BCUT2D eigenvalue weighted by molar-refractivity contribution is 5.80. The Hall–Kier alpha value is -2.06. The van der Waals surface area contributed by atoms with Crippen LogP contribution in [0.25, 0.3) is 5.57 Å². The molecule has 0 heterocycles. The van der Waals surface area contributed by atoms with Crippen LogP contribution < -0.4 is 10.5 Å². The molecule has 2 aromatic carbocycles. The Morgan fingerprint density at radius 3 is 2.59 bits per heavy atom. The number of nitrogens with two attached hydrogens (primary N) is 1. The Morgan fingerprint density at radius 1 is 1.07 bits per heavy atom. The van der Waals surface area contributed by atoms with E-state index in [0.717, 1.165) is 18.6 Å². The van der Waals surface area contributed by atoms with Gasteiger partial charge in [0.05, 0.1) is 7.11 Å². The van der Waals surface area contributed by atoms with Crippen LogP contribution in [0.5, 0.6) is 5.75 Å². The maximum absolute atomic E-state index is 7.09. The minimum Gasteiger partial charge on any atom is -0.497 e. The molecule has 5 rings (SSSR count). The largest absolute Gasteiger partial charge is 0.497 e. The van der Waals surface area contributed by atoms with Gasteiger partial charge >= 0.3 is 0 Å². The summed E-state index contributed by atoms with van der Waals surface area (Å²) in [4.78, 5) is 0. The number of hydrogen-bond donors (Lipinski definition) is 1. The van der Waals surface area contributed by atoms with Gasteiger partial charge in [-0.2, -0.15) is 0 Å². The summed E-state index contributed by atoms with van der Waals surface area (Å²) < 4.78 is 5.60. The van der Waals surface area contributed by atoms with E-state index in [9.17, 15) is 0 Å². The maximum Gasteiger partial charge on any atom is 0.119 e. The quantitative estimate of drug-likeness (QED) is 0.809. The van der Waals surface area contributed by atoms with Crippen LogP contribution in [0.3, 0.4) is 0 Å². The molecule has 1 spiro atoms. The van der Waals surface area contributed by atoms with Gasteiger partial charge in [0.2, 0.25) is 0 Å². The van der Waals surface area contributed by atoms with E-state index >= 15 is 0 Å². The Bertz CT molecular complexity index is 931. The molecule has 0 amide bonds. The highest BCUT2D eigenvalue weighted by atomic mass is 16.5. The van der Waals surface area contributed by atoms with Gasteiger partial charge in [-0.15, -0.1) is 0 Å². The van der Waals surface area contributed by atoms with Crippen LogP contribution in [0.1, 0.15) is 49.8 Å². The molecule has 1 saturated carbocycles. The fraction of sp³-hybridized carbons (Fsp3) is 0.440. The molecule has 1 unspecified atom stereocenters. The molecule has 2 aromatic rings. The summed E-state index contributed by atoms with van der Waals surface area (Å²) in [5.74, 6) is 1.48. The molecule has 1 fully saturated rings. The van der Waals surface area contributed by atoms with E-state index in [2.05, 4.69) is 62.4 Å². The Morgan fingerprint density at radius 2 is 1.85 bits per heavy atom. The zero-order valence-corrected chi connectivity index (χ0v) is 16.6. The number of hydrogen-bond acceptors (Lipinski definition) is 2. The van der Waals surface area contributed by atoms with Crippen molar-refractivity contribution in [2.24, 2.45) is 17.1 Å². The monoisotopic (exact) mass is 359 g/mol. The second-order valence-corrected chi connectivity index (χ2v) is 8.92. The lowest BCUT2D eigenvalue weighted by atomic mass is 9.46. The summed E-state index contributed by atoms with van der Waals surface area (Å²) in [6.45, 7) is 4.82. The summed E-state index contributed by atoms with van der Waals surface area (Å²) in [6.07, 6.45) is 4.61. The molecule has 3 aliphatic carbocycles. The van der Waals surface area contributed by atoms with Gasteiger partial charge in [-0.1, -0.05) is 48.9 Å². The van der Waals surface area contributed by atoms with Gasteiger partial charge < -0.3 is 10.5 Å². The summed E-state index contributed by atoms with van der Waals surface area (Å²) in [7, 11) is 1.76. The summed E-state index contributed by atoms with van der Waals surface area (Å²) in [5, 5.41) is 0. The Kier molecular flexibility index (Phi) is 3.61. The van der Waals surface area contributed by atoms with Crippen molar-refractivity contribution in [1.82, 2.24) is 0 Å². The van der Waals surface area contributed by atoms with Gasteiger partial charge in [-0.25, -0.2) is 0 Å². The average Bonchev–Trinajstić information content (AvgIpc) is 2.84. The van der Waals surface area contributed by atoms with E-state index in [1.165, 1.54) is 40.7 Å². The van der Waals surface area contributed by atoms with Gasteiger partial charge in [0, 0.05) is 16.9 Å². The molecule has 2 heteroatoms. The van der Waals surface area contributed by atoms with Gasteiger partial charge in [0.15, 0.2) is 0 Å². The third-order valence-electron chi connectivity index (χ3n) is 8.10. The van der Waals surface area contributed by atoms with Crippen LogP contribution in [0, 0.1) is 11.3 Å². The van der Waals surface area contributed by atoms with Crippen LogP contribution in [0.4, 0.5) is 0 Å². The highest BCUT2D eigenvalue weighted by Gasteiger charge is 2.65. The van der Waals surface area contributed by atoms with Gasteiger partial charge in [-0.3, -0.25) is 0 Å². The smallest absolute Gasteiger partial charge is 0.119 e. The number of fused-ring (bicyclic) bond motifs is 3. The minimum atomic E-state index is 0.0146. The molecule has 0 aliphatic heterocycles. The van der Waals surface area contributed by atoms with Crippen molar-refractivity contribution < 1.29 is 4.74 Å². The molecular formula is C25H29NO. The molecule has 0 radical (unpaired) electrons. The number of rotatable bonds is 2. The normalized spacial score (nSPS) is 34.2. The lowest BCUT2D eigenvalue weighted by molar-refractivity contribution is 0.0736. The fourth-order valence-electron chi connectivity index (χ4n) is 6.80. The summed E-state index contributed by atoms with van der Waals surface area (Å²) in [5.41, 5.74) is 14.5.